The Morgan fingerprint density at radius 1 is 1.00 bits per heavy atom. The fourth-order valence-corrected chi connectivity index (χ4v) is 7.28. The van der Waals surface area contributed by atoms with Crippen LogP contribution in [0.5, 0.6) is 0 Å². The first-order chi connectivity index (χ1) is 5.97. The zero-order valence-corrected chi connectivity index (χ0v) is 10.2. The van der Waals surface area contributed by atoms with Gasteiger partial charge in [-0.1, -0.05) is 0 Å². The second-order valence-corrected chi connectivity index (χ2v) is 7.63. The normalized spacial score (nSPS) is 38.0. The van der Waals surface area contributed by atoms with E-state index in [1.807, 2.05) is 11.8 Å². The molecular weight excluding hydrogens is 224 g/mol. The molecule has 0 aromatic heterocycles. The first-order valence-electron chi connectivity index (χ1n) is 4.21. The van der Waals surface area contributed by atoms with Crippen molar-refractivity contribution in [3.8, 4) is 0 Å². The van der Waals surface area contributed by atoms with Gasteiger partial charge in [0.05, 0.1) is 0 Å². The van der Waals surface area contributed by atoms with Crippen LogP contribution in [-0.4, -0.2) is 39.3 Å². The molecule has 2 atom stereocenters. The summed E-state index contributed by atoms with van der Waals surface area (Å²) in [5.41, 5.74) is 0. The molecule has 2 fully saturated rings. The molecule has 2 heterocycles. The highest BCUT2D eigenvalue weighted by Gasteiger charge is 2.26. The molecule has 0 nitrogen and oxygen atoms in total. The van der Waals surface area contributed by atoms with E-state index in [1.165, 1.54) is 28.8 Å². The molecule has 2 aliphatic rings. The van der Waals surface area contributed by atoms with Crippen LogP contribution in [0.4, 0.5) is 0 Å². The number of hydrogen-bond donors (Lipinski definition) is 0. The van der Waals surface area contributed by atoms with E-state index in [0.29, 0.717) is 0 Å². The van der Waals surface area contributed by atoms with E-state index >= 15 is 0 Å². The minimum Gasteiger partial charge on any atom is -0.160 e. The summed E-state index contributed by atoms with van der Waals surface area (Å²) >= 11 is 8.53. The van der Waals surface area contributed by atoms with Gasteiger partial charge in [-0.15, -0.1) is 0 Å². The standard InChI is InChI=1S/C8H13S4/c1-3-11-7(5-9-1)8-6-10-2-4-12-8/h1,7-8H,2-6H2. The highest BCUT2D eigenvalue weighted by molar-refractivity contribution is 8.10. The van der Waals surface area contributed by atoms with E-state index in [9.17, 15) is 0 Å². The van der Waals surface area contributed by atoms with E-state index < -0.39 is 0 Å². The average molecular weight is 237 g/mol. The van der Waals surface area contributed by atoms with Crippen molar-refractivity contribution in [2.45, 2.75) is 10.5 Å². The van der Waals surface area contributed by atoms with Crippen LogP contribution in [0.3, 0.4) is 0 Å². The highest BCUT2D eigenvalue weighted by atomic mass is 32.2. The van der Waals surface area contributed by atoms with E-state index in [-0.39, 0.29) is 0 Å². The summed E-state index contributed by atoms with van der Waals surface area (Å²) in [6.07, 6.45) is 0. The van der Waals surface area contributed by atoms with Gasteiger partial charge in [0.2, 0.25) is 0 Å². The molecule has 1 radical (unpaired) electrons. The molecule has 69 valence electrons. The summed E-state index contributed by atoms with van der Waals surface area (Å²) in [6, 6.07) is 0. The Labute approximate surface area is 91.8 Å². The Hall–Kier alpha value is 1.40. The summed E-state index contributed by atoms with van der Waals surface area (Å²) in [7, 11) is 0. The fourth-order valence-electron chi connectivity index (χ4n) is 1.36. The van der Waals surface area contributed by atoms with E-state index in [0.717, 1.165) is 10.5 Å². The average Bonchev–Trinajstić information content (AvgIpc) is 2.21. The van der Waals surface area contributed by atoms with Crippen LogP contribution in [0.2, 0.25) is 0 Å². The summed E-state index contributed by atoms with van der Waals surface area (Å²) in [5.74, 6) is 9.10. The van der Waals surface area contributed by atoms with E-state index in [1.54, 1.807) is 0 Å². The zero-order chi connectivity index (χ0) is 8.23. The Balaban J connectivity index is 1.80. The molecule has 0 amide bonds. The van der Waals surface area contributed by atoms with Gasteiger partial charge >= 0.3 is 0 Å². The van der Waals surface area contributed by atoms with Gasteiger partial charge in [0, 0.05) is 45.0 Å². The van der Waals surface area contributed by atoms with Gasteiger partial charge in [0.15, 0.2) is 0 Å². The van der Waals surface area contributed by atoms with Gasteiger partial charge in [0.1, 0.15) is 0 Å². The lowest BCUT2D eigenvalue weighted by atomic mass is 10.3. The van der Waals surface area contributed by atoms with Crippen LogP contribution < -0.4 is 0 Å². The quantitative estimate of drug-likeness (QED) is 0.687. The molecule has 2 aliphatic heterocycles. The van der Waals surface area contributed by atoms with Crippen molar-refractivity contribution < 1.29 is 0 Å². The van der Waals surface area contributed by atoms with Crippen molar-refractivity contribution in [1.82, 2.24) is 0 Å². The lowest BCUT2D eigenvalue weighted by molar-refractivity contribution is 0.940. The number of thioether (sulfide) groups is 4. The van der Waals surface area contributed by atoms with Gasteiger partial charge < -0.3 is 0 Å². The Bertz CT molecular complexity index is 111. The monoisotopic (exact) mass is 237 g/mol. The van der Waals surface area contributed by atoms with Crippen LogP contribution in [0.15, 0.2) is 0 Å². The van der Waals surface area contributed by atoms with Crippen LogP contribution in [0.25, 0.3) is 0 Å². The lowest BCUT2D eigenvalue weighted by Gasteiger charge is -2.31. The minimum absolute atomic E-state index is 0.929. The number of rotatable bonds is 1. The Morgan fingerprint density at radius 2 is 1.92 bits per heavy atom. The van der Waals surface area contributed by atoms with Crippen LogP contribution in [-0.2, 0) is 0 Å². The van der Waals surface area contributed by atoms with Gasteiger partial charge in [-0.2, -0.15) is 47.0 Å². The number of hydrogen-bond acceptors (Lipinski definition) is 4. The van der Waals surface area contributed by atoms with Crippen LogP contribution in [0, 0.1) is 5.75 Å². The largest absolute Gasteiger partial charge is 0.160 e. The van der Waals surface area contributed by atoms with Crippen molar-refractivity contribution in [3.05, 3.63) is 5.75 Å². The lowest BCUT2D eigenvalue weighted by Crippen LogP contribution is -2.30. The molecule has 0 bridgehead atoms. The molecule has 0 saturated carbocycles. The van der Waals surface area contributed by atoms with Crippen molar-refractivity contribution in [2.24, 2.45) is 0 Å². The predicted molar refractivity (Wildman–Crippen MR) is 66.6 cm³/mol. The van der Waals surface area contributed by atoms with E-state index in [2.05, 4.69) is 41.0 Å². The molecule has 0 aromatic carbocycles. The first kappa shape index (κ1) is 9.94. The Kier molecular flexibility index (Phi) is 4.41. The van der Waals surface area contributed by atoms with Crippen molar-refractivity contribution in [1.29, 1.82) is 0 Å². The predicted octanol–water partition coefficient (Wildman–Crippen LogP) is 2.85. The second-order valence-electron chi connectivity index (χ2n) is 2.86. The first-order valence-corrected chi connectivity index (χ1v) is 8.51. The summed E-state index contributed by atoms with van der Waals surface area (Å²) in [6.45, 7) is 0. The molecule has 0 aliphatic carbocycles. The molecule has 0 aromatic rings. The third kappa shape index (κ3) is 2.69. The summed E-state index contributed by atoms with van der Waals surface area (Å²) in [4.78, 5) is 0. The third-order valence-electron chi connectivity index (χ3n) is 2.01. The maximum absolute atomic E-state index is 2.35. The highest BCUT2D eigenvalue weighted by Crippen LogP contribution is 2.37. The zero-order valence-electron chi connectivity index (χ0n) is 6.90. The Morgan fingerprint density at radius 3 is 2.58 bits per heavy atom. The van der Waals surface area contributed by atoms with Crippen molar-refractivity contribution in [2.75, 3.05) is 28.8 Å². The molecular formula is C8H13S4. The minimum atomic E-state index is 0.929. The molecule has 2 rings (SSSR count). The van der Waals surface area contributed by atoms with Gasteiger partial charge in [-0.3, -0.25) is 0 Å². The van der Waals surface area contributed by atoms with Crippen molar-refractivity contribution in [3.63, 3.8) is 0 Å². The van der Waals surface area contributed by atoms with Gasteiger partial charge in [-0.25, -0.2) is 0 Å². The second kappa shape index (κ2) is 5.32. The maximum Gasteiger partial charge on any atom is 0.0265 e. The van der Waals surface area contributed by atoms with E-state index in [4.69, 9.17) is 0 Å². The molecule has 4 heteroatoms. The molecule has 12 heavy (non-hydrogen) atoms. The summed E-state index contributed by atoms with van der Waals surface area (Å²) < 4.78 is 0. The van der Waals surface area contributed by atoms with Gasteiger partial charge in [-0.05, 0) is 0 Å². The molecule has 0 spiro atoms. The molecule has 2 saturated heterocycles. The van der Waals surface area contributed by atoms with Crippen LogP contribution >= 0.6 is 47.0 Å². The third-order valence-corrected chi connectivity index (χ3v) is 7.76. The topological polar surface area (TPSA) is 0 Å². The molecule has 0 N–H and O–H groups in total. The van der Waals surface area contributed by atoms with Crippen LogP contribution in [0.1, 0.15) is 0 Å². The van der Waals surface area contributed by atoms with Gasteiger partial charge in [0.25, 0.3) is 0 Å². The SMILES string of the molecule is [CH]1CSC(C2CSCCS2)CS1. The summed E-state index contributed by atoms with van der Waals surface area (Å²) in [5, 5.41) is 1.87. The van der Waals surface area contributed by atoms with Crippen molar-refractivity contribution >= 4 is 47.0 Å². The fraction of sp³-hybridized carbons (Fsp3) is 0.875. The smallest absolute Gasteiger partial charge is 0.0265 e. The molecule has 2 unspecified atom stereocenters. The maximum atomic E-state index is 2.35.